The van der Waals surface area contributed by atoms with Gasteiger partial charge in [-0.2, -0.15) is 0 Å². The normalized spacial score (nSPS) is 15.8. The standard InChI is InChI=1S/C17H27NO3/c1-13(18-9-4-10-21-12-14-5-6-14)16-11-15(19-2)7-8-17(16)20-3/h7-8,11,13-14,18H,4-6,9-10,12H2,1-3H3. The minimum atomic E-state index is 0.221. The van der Waals surface area contributed by atoms with Crippen LogP contribution in [0.2, 0.25) is 0 Å². The first-order valence-electron chi connectivity index (χ1n) is 7.77. The lowest BCUT2D eigenvalue weighted by Crippen LogP contribution is -2.21. The number of ether oxygens (including phenoxy) is 3. The highest BCUT2D eigenvalue weighted by Crippen LogP contribution is 2.29. The number of benzene rings is 1. The summed E-state index contributed by atoms with van der Waals surface area (Å²) in [5.41, 5.74) is 1.12. The van der Waals surface area contributed by atoms with Crippen molar-refractivity contribution in [2.75, 3.05) is 34.0 Å². The van der Waals surface area contributed by atoms with Crippen LogP contribution in [0.1, 0.15) is 37.8 Å². The fourth-order valence-electron chi connectivity index (χ4n) is 2.32. The topological polar surface area (TPSA) is 39.7 Å². The van der Waals surface area contributed by atoms with Gasteiger partial charge >= 0.3 is 0 Å². The Morgan fingerprint density at radius 3 is 2.71 bits per heavy atom. The molecule has 1 aliphatic rings. The fraction of sp³-hybridized carbons (Fsp3) is 0.647. The summed E-state index contributed by atoms with van der Waals surface area (Å²) in [5, 5.41) is 3.51. The van der Waals surface area contributed by atoms with Crippen LogP contribution in [-0.2, 0) is 4.74 Å². The molecule has 0 bridgehead atoms. The zero-order valence-electron chi connectivity index (χ0n) is 13.4. The van der Waals surface area contributed by atoms with E-state index in [1.165, 1.54) is 12.8 Å². The minimum absolute atomic E-state index is 0.221. The van der Waals surface area contributed by atoms with Gasteiger partial charge in [0.2, 0.25) is 0 Å². The predicted molar refractivity (Wildman–Crippen MR) is 84.1 cm³/mol. The molecule has 1 N–H and O–H groups in total. The van der Waals surface area contributed by atoms with Crippen molar-refractivity contribution < 1.29 is 14.2 Å². The monoisotopic (exact) mass is 293 g/mol. The number of hydrogen-bond acceptors (Lipinski definition) is 4. The molecule has 21 heavy (non-hydrogen) atoms. The van der Waals surface area contributed by atoms with Gasteiger partial charge in [0, 0.05) is 24.8 Å². The first-order valence-corrected chi connectivity index (χ1v) is 7.77. The van der Waals surface area contributed by atoms with Gasteiger partial charge < -0.3 is 19.5 Å². The van der Waals surface area contributed by atoms with Crippen LogP contribution in [0.3, 0.4) is 0 Å². The van der Waals surface area contributed by atoms with Crippen molar-refractivity contribution >= 4 is 0 Å². The summed E-state index contributed by atoms with van der Waals surface area (Å²) in [5.74, 6) is 2.59. The molecule has 0 aliphatic heterocycles. The van der Waals surface area contributed by atoms with Crippen molar-refractivity contribution in [3.63, 3.8) is 0 Å². The molecule has 118 valence electrons. The summed E-state index contributed by atoms with van der Waals surface area (Å²) >= 11 is 0. The molecule has 0 heterocycles. The maximum absolute atomic E-state index is 5.64. The van der Waals surface area contributed by atoms with Gasteiger partial charge in [-0.15, -0.1) is 0 Å². The lowest BCUT2D eigenvalue weighted by molar-refractivity contribution is 0.121. The lowest BCUT2D eigenvalue weighted by atomic mass is 10.1. The Bertz CT molecular complexity index is 432. The van der Waals surface area contributed by atoms with Gasteiger partial charge in [0.25, 0.3) is 0 Å². The number of methoxy groups -OCH3 is 2. The molecular weight excluding hydrogens is 266 g/mol. The lowest BCUT2D eigenvalue weighted by Gasteiger charge is -2.18. The van der Waals surface area contributed by atoms with Crippen molar-refractivity contribution in [2.24, 2.45) is 5.92 Å². The Hall–Kier alpha value is -1.26. The summed E-state index contributed by atoms with van der Waals surface area (Å²) < 4.78 is 16.4. The van der Waals surface area contributed by atoms with Crippen molar-refractivity contribution in [2.45, 2.75) is 32.2 Å². The van der Waals surface area contributed by atoms with Gasteiger partial charge in [-0.25, -0.2) is 0 Å². The van der Waals surface area contributed by atoms with Crippen LogP contribution in [0, 0.1) is 5.92 Å². The molecule has 2 rings (SSSR count). The van der Waals surface area contributed by atoms with Crippen molar-refractivity contribution in [1.82, 2.24) is 5.32 Å². The summed E-state index contributed by atoms with van der Waals surface area (Å²) in [6, 6.07) is 6.12. The van der Waals surface area contributed by atoms with E-state index in [4.69, 9.17) is 14.2 Å². The van der Waals surface area contributed by atoms with Gasteiger partial charge in [-0.1, -0.05) is 0 Å². The third-order valence-electron chi connectivity index (χ3n) is 3.87. The highest BCUT2D eigenvalue weighted by Gasteiger charge is 2.20. The maximum Gasteiger partial charge on any atom is 0.123 e. The Balaban J connectivity index is 1.74. The average Bonchev–Trinajstić information content (AvgIpc) is 3.34. The van der Waals surface area contributed by atoms with Crippen LogP contribution in [0.15, 0.2) is 18.2 Å². The molecule has 1 fully saturated rings. The molecule has 1 saturated carbocycles. The highest BCUT2D eigenvalue weighted by molar-refractivity contribution is 5.42. The van der Waals surface area contributed by atoms with Gasteiger partial charge in [0.05, 0.1) is 14.2 Å². The maximum atomic E-state index is 5.64. The zero-order valence-corrected chi connectivity index (χ0v) is 13.4. The molecule has 1 aliphatic carbocycles. The third-order valence-corrected chi connectivity index (χ3v) is 3.87. The first kappa shape index (κ1) is 16.1. The summed E-state index contributed by atoms with van der Waals surface area (Å²) in [4.78, 5) is 0. The number of hydrogen-bond donors (Lipinski definition) is 1. The quantitative estimate of drug-likeness (QED) is 0.673. The van der Waals surface area contributed by atoms with E-state index in [1.54, 1.807) is 14.2 Å². The second kappa shape index (κ2) is 8.25. The molecule has 4 nitrogen and oxygen atoms in total. The fourth-order valence-corrected chi connectivity index (χ4v) is 2.32. The zero-order chi connectivity index (χ0) is 15.1. The molecule has 0 radical (unpaired) electrons. The first-order chi connectivity index (χ1) is 10.2. The molecule has 0 spiro atoms. The molecule has 0 saturated heterocycles. The smallest absolute Gasteiger partial charge is 0.123 e. The summed E-state index contributed by atoms with van der Waals surface area (Å²) in [7, 11) is 3.38. The van der Waals surface area contributed by atoms with E-state index in [9.17, 15) is 0 Å². The van der Waals surface area contributed by atoms with E-state index < -0.39 is 0 Å². The van der Waals surface area contributed by atoms with E-state index in [-0.39, 0.29) is 6.04 Å². The SMILES string of the molecule is COc1ccc(OC)c(C(C)NCCCOCC2CC2)c1. The van der Waals surface area contributed by atoms with Crippen LogP contribution in [0.25, 0.3) is 0 Å². The second-order valence-corrected chi connectivity index (χ2v) is 5.66. The summed E-state index contributed by atoms with van der Waals surface area (Å²) in [6.07, 6.45) is 3.74. The van der Waals surface area contributed by atoms with Gasteiger partial charge in [0.15, 0.2) is 0 Å². The van der Waals surface area contributed by atoms with Crippen LogP contribution < -0.4 is 14.8 Å². The predicted octanol–water partition coefficient (Wildman–Crippen LogP) is 3.17. The van der Waals surface area contributed by atoms with E-state index >= 15 is 0 Å². The number of rotatable bonds is 10. The van der Waals surface area contributed by atoms with E-state index in [0.717, 1.165) is 49.2 Å². The molecule has 0 amide bonds. The molecule has 4 heteroatoms. The van der Waals surface area contributed by atoms with Gasteiger partial charge in [-0.3, -0.25) is 0 Å². The van der Waals surface area contributed by atoms with Crippen LogP contribution in [0.4, 0.5) is 0 Å². The van der Waals surface area contributed by atoms with Crippen molar-refractivity contribution in [3.05, 3.63) is 23.8 Å². The Morgan fingerprint density at radius 1 is 1.24 bits per heavy atom. The minimum Gasteiger partial charge on any atom is -0.497 e. The molecule has 1 aromatic rings. The van der Waals surface area contributed by atoms with Crippen molar-refractivity contribution in [1.29, 1.82) is 0 Å². The Morgan fingerprint density at radius 2 is 2.05 bits per heavy atom. The summed E-state index contributed by atoms with van der Waals surface area (Å²) in [6.45, 7) is 4.86. The molecule has 1 aromatic carbocycles. The molecule has 1 atom stereocenters. The van der Waals surface area contributed by atoms with Gasteiger partial charge in [0.1, 0.15) is 11.5 Å². The van der Waals surface area contributed by atoms with E-state index in [2.05, 4.69) is 12.2 Å². The third kappa shape index (κ3) is 5.21. The van der Waals surface area contributed by atoms with Gasteiger partial charge in [-0.05, 0) is 56.8 Å². The van der Waals surface area contributed by atoms with E-state index in [0.29, 0.717) is 0 Å². The van der Waals surface area contributed by atoms with Crippen molar-refractivity contribution in [3.8, 4) is 11.5 Å². The molecule has 0 aromatic heterocycles. The Labute approximate surface area is 127 Å². The Kier molecular flexibility index (Phi) is 6.33. The largest absolute Gasteiger partial charge is 0.497 e. The van der Waals surface area contributed by atoms with Crippen LogP contribution in [0.5, 0.6) is 11.5 Å². The second-order valence-electron chi connectivity index (χ2n) is 5.66. The van der Waals surface area contributed by atoms with E-state index in [1.807, 2.05) is 18.2 Å². The molecular formula is C17H27NO3. The highest BCUT2D eigenvalue weighted by atomic mass is 16.5. The number of nitrogens with one attached hydrogen (secondary N) is 1. The molecule has 1 unspecified atom stereocenters. The average molecular weight is 293 g/mol. The van der Waals surface area contributed by atoms with Crippen LogP contribution in [-0.4, -0.2) is 34.0 Å². The van der Waals surface area contributed by atoms with Crippen LogP contribution >= 0.6 is 0 Å².